The predicted octanol–water partition coefficient (Wildman–Crippen LogP) is 4.17. The number of piperidine rings is 2. The maximum atomic E-state index is 13.3. The third-order valence-electron chi connectivity index (χ3n) is 12.1. The summed E-state index contributed by atoms with van der Waals surface area (Å²) >= 11 is 6.26. The van der Waals surface area contributed by atoms with Gasteiger partial charge in [-0.15, -0.1) is 0 Å². The van der Waals surface area contributed by atoms with E-state index >= 15 is 0 Å². The van der Waals surface area contributed by atoms with Crippen molar-refractivity contribution in [3.63, 3.8) is 0 Å². The minimum Gasteiger partial charge on any atom is -0.372 e. The summed E-state index contributed by atoms with van der Waals surface area (Å²) in [7, 11) is 2.05. The molecule has 4 aliphatic heterocycles. The van der Waals surface area contributed by atoms with Crippen molar-refractivity contribution in [1.82, 2.24) is 30.3 Å². The van der Waals surface area contributed by atoms with Crippen LogP contribution in [0.15, 0.2) is 48.7 Å². The SMILES string of the molecule is CN(c1ccc(C#N)c(Cl)c1)[C@H]1CC[C@H](NC(=O)c2ccc(CN3CCC(N4Cc5cc6c(cc5C4)C(=O)N(C4CCC(=O)NC4=O)C6=O)CC3)cn2)CC1. The van der Waals surface area contributed by atoms with Gasteiger partial charge in [0.25, 0.3) is 17.7 Å². The van der Waals surface area contributed by atoms with Crippen LogP contribution in [0.25, 0.3) is 0 Å². The van der Waals surface area contributed by atoms with E-state index in [9.17, 15) is 29.2 Å². The van der Waals surface area contributed by atoms with Gasteiger partial charge >= 0.3 is 0 Å². The number of nitrogens with one attached hydrogen (secondary N) is 2. The van der Waals surface area contributed by atoms with Gasteiger partial charge in [0, 0.05) is 63.1 Å². The zero-order chi connectivity index (χ0) is 38.4. The van der Waals surface area contributed by atoms with E-state index in [2.05, 4.69) is 36.4 Å². The molecule has 0 spiro atoms. The molecule has 2 saturated heterocycles. The number of halogens is 1. The monoisotopic (exact) mass is 762 g/mol. The molecule has 5 heterocycles. The number of hydrogen-bond donors (Lipinski definition) is 2. The molecule has 3 aromatic rings. The first-order valence-electron chi connectivity index (χ1n) is 19.1. The number of pyridine rings is 1. The average molecular weight is 763 g/mol. The Hall–Kier alpha value is -5.16. The molecule has 5 aliphatic rings. The predicted molar refractivity (Wildman–Crippen MR) is 203 cm³/mol. The molecule has 1 unspecified atom stereocenters. The van der Waals surface area contributed by atoms with Crippen molar-refractivity contribution >= 4 is 46.8 Å². The molecule has 5 amide bonds. The van der Waals surface area contributed by atoms with Crippen molar-refractivity contribution in [1.29, 1.82) is 5.26 Å². The fourth-order valence-corrected chi connectivity index (χ4v) is 9.11. The Labute approximate surface area is 324 Å². The standard InChI is InChI=1S/C41H43ClN8O5/c1-47(31-6-3-25(19-43)34(42)18-31)29-7-4-28(5-8-29)45-38(52)35-9-2-24(20-44-35)21-48-14-12-30(13-15-48)49-22-26-16-32-33(17-27(26)23-49)41(55)50(40(32)54)36-10-11-37(51)46-39(36)53/h2-3,6,9,16-18,20,28-30,36H,4-5,7-8,10-15,21-23H2,1H3,(H,45,52)(H,46,51,53)/t28-,29-,36?. The summed E-state index contributed by atoms with van der Waals surface area (Å²) in [6.45, 7) is 4.00. The van der Waals surface area contributed by atoms with Crippen LogP contribution in [0.1, 0.15) is 105 Å². The summed E-state index contributed by atoms with van der Waals surface area (Å²) < 4.78 is 0. The largest absolute Gasteiger partial charge is 0.372 e. The van der Waals surface area contributed by atoms with Crippen molar-refractivity contribution in [3.05, 3.63) is 92.8 Å². The van der Waals surface area contributed by atoms with E-state index < -0.39 is 23.8 Å². The molecule has 55 heavy (non-hydrogen) atoms. The second-order valence-electron chi connectivity index (χ2n) is 15.4. The molecule has 0 radical (unpaired) electrons. The summed E-state index contributed by atoms with van der Waals surface area (Å²) in [6, 6.07) is 14.9. The molecule has 1 atom stereocenters. The van der Waals surface area contributed by atoms with E-state index in [1.807, 2.05) is 43.4 Å². The normalized spacial score (nSPS) is 23.3. The number of anilines is 1. The Kier molecular flexibility index (Phi) is 10.1. The second kappa shape index (κ2) is 15.2. The van der Waals surface area contributed by atoms with E-state index in [0.717, 1.165) is 85.4 Å². The molecular weight excluding hydrogens is 720 g/mol. The van der Waals surface area contributed by atoms with Crippen molar-refractivity contribution in [2.24, 2.45) is 0 Å². The van der Waals surface area contributed by atoms with Crippen LogP contribution in [-0.2, 0) is 29.2 Å². The van der Waals surface area contributed by atoms with Crippen LogP contribution in [0, 0.1) is 11.3 Å². The number of carbonyl (C=O) groups is 5. The number of hydrogen-bond acceptors (Lipinski definition) is 10. The number of likely N-dealkylation sites (tertiary alicyclic amines) is 1. The van der Waals surface area contributed by atoms with Gasteiger partial charge in [-0.1, -0.05) is 17.7 Å². The van der Waals surface area contributed by atoms with Crippen LogP contribution in [0.2, 0.25) is 5.02 Å². The van der Waals surface area contributed by atoms with Gasteiger partial charge in [0.05, 0.1) is 21.7 Å². The Morgan fingerprint density at radius 3 is 2.24 bits per heavy atom. The third kappa shape index (κ3) is 7.34. The summed E-state index contributed by atoms with van der Waals surface area (Å²) in [5.41, 5.74) is 5.66. The molecule has 284 valence electrons. The minimum absolute atomic E-state index is 0.0918. The molecule has 3 fully saturated rings. The molecule has 13 nitrogen and oxygen atoms in total. The van der Waals surface area contributed by atoms with Crippen LogP contribution >= 0.6 is 11.6 Å². The van der Waals surface area contributed by atoms with E-state index in [0.29, 0.717) is 52.6 Å². The van der Waals surface area contributed by atoms with E-state index in [1.165, 1.54) is 0 Å². The Morgan fingerprint density at radius 1 is 0.945 bits per heavy atom. The van der Waals surface area contributed by atoms with Gasteiger partial charge in [0.2, 0.25) is 11.8 Å². The van der Waals surface area contributed by atoms with Gasteiger partial charge in [0.15, 0.2) is 0 Å². The smallest absolute Gasteiger partial charge is 0.270 e. The first kappa shape index (κ1) is 36.8. The van der Waals surface area contributed by atoms with Crippen molar-refractivity contribution in [3.8, 4) is 6.07 Å². The van der Waals surface area contributed by atoms with Gasteiger partial charge in [0.1, 0.15) is 17.8 Å². The van der Waals surface area contributed by atoms with Crippen molar-refractivity contribution < 1.29 is 24.0 Å². The average Bonchev–Trinajstić information content (AvgIpc) is 3.71. The maximum absolute atomic E-state index is 13.3. The molecule has 0 bridgehead atoms. The van der Waals surface area contributed by atoms with Gasteiger partial charge in [-0.25, -0.2) is 0 Å². The molecule has 1 aromatic heterocycles. The molecule has 2 N–H and O–H groups in total. The fourth-order valence-electron chi connectivity index (χ4n) is 8.90. The summed E-state index contributed by atoms with van der Waals surface area (Å²) in [6.07, 6.45) is 7.62. The molecular formula is C41H43ClN8O5. The van der Waals surface area contributed by atoms with Gasteiger partial charge < -0.3 is 10.2 Å². The van der Waals surface area contributed by atoms with Gasteiger partial charge in [-0.3, -0.25) is 49.0 Å². The zero-order valence-electron chi connectivity index (χ0n) is 30.7. The topological polar surface area (TPSA) is 159 Å². The van der Waals surface area contributed by atoms with Crippen LogP contribution < -0.4 is 15.5 Å². The second-order valence-corrected chi connectivity index (χ2v) is 15.9. The fraction of sp³-hybridized carbons (Fsp3) is 0.439. The van der Waals surface area contributed by atoms with Crippen LogP contribution in [0.4, 0.5) is 5.69 Å². The Morgan fingerprint density at radius 2 is 1.64 bits per heavy atom. The molecule has 1 aliphatic carbocycles. The quantitative estimate of drug-likeness (QED) is 0.319. The van der Waals surface area contributed by atoms with E-state index in [1.54, 1.807) is 12.3 Å². The minimum atomic E-state index is -0.964. The molecule has 14 heteroatoms. The highest BCUT2D eigenvalue weighted by molar-refractivity contribution is 6.32. The lowest BCUT2D eigenvalue weighted by Crippen LogP contribution is -2.54. The van der Waals surface area contributed by atoms with Crippen molar-refractivity contribution in [2.75, 3.05) is 25.0 Å². The third-order valence-corrected chi connectivity index (χ3v) is 12.4. The highest BCUT2D eigenvalue weighted by Crippen LogP contribution is 2.35. The maximum Gasteiger partial charge on any atom is 0.270 e. The van der Waals surface area contributed by atoms with E-state index in [4.69, 9.17) is 11.6 Å². The van der Waals surface area contributed by atoms with Gasteiger partial charge in [-0.05, 0) is 111 Å². The lowest BCUT2D eigenvalue weighted by Gasteiger charge is -2.36. The number of benzene rings is 2. The van der Waals surface area contributed by atoms with Crippen LogP contribution in [0.5, 0.6) is 0 Å². The van der Waals surface area contributed by atoms with Gasteiger partial charge in [-0.2, -0.15) is 5.26 Å². The molecule has 8 rings (SSSR count). The number of nitrogens with zero attached hydrogens (tertiary/aromatic N) is 6. The Bertz CT molecular complexity index is 2060. The van der Waals surface area contributed by atoms with Crippen LogP contribution in [-0.4, -0.2) is 93.5 Å². The number of fused-ring (bicyclic) bond motifs is 2. The Balaban J connectivity index is 0.784. The zero-order valence-corrected chi connectivity index (χ0v) is 31.5. The lowest BCUT2D eigenvalue weighted by atomic mass is 9.90. The number of aromatic nitrogens is 1. The number of amides is 5. The number of carbonyl (C=O) groups excluding carboxylic acids is 5. The molecule has 2 aromatic carbocycles. The number of rotatable bonds is 8. The lowest BCUT2D eigenvalue weighted by molar-refractivity contribution is -0.136. The molecule has 1 saturated carbocycles. The summed E-state index contributed by atoms with van der Waals surface area (Å²) in [5, 5.41) is 15.1. The highest BCUT2D eigenvalue weighted by Gasteiger charge is 2.45. The first-order chi connectivity index (χ1) is 26.6. The highest BCUT2D eigenvalue weighted by atomic mass is 35.5. The van der Waals surface area contributed by atoms with E-state index in [-0.39, 0.29) is 30.7 Å². The number of nitriles is 1. The van der Waals surface area contributed by atoms with Crippen LogP contribution in [0.3, 0.4) is 0 Å². The number of imide groups is 2. The summed E-state index contributed by atoms with van der Waals surface area (Å²) in [5.74, 6) is -2.08. The first-order valence-corrected chi connectivity index (χ1v) is 19.5. The van der Waals surface area contributed by atoms with Crippen molar-refractivity contribution in [2.45, 2.75) is 95.2 Å². The summed E-state index contributed by atoms with van der Waals surface area (Å²) in [4.78, 5) is 76.3.